The van der Waals surface area contributed by atoms with Gasteiger partial charge < -0.3 is 9.84 Å². The summed E-state index contributed by atoms with van der Waals surface area (Å²) in [6, 6.07) is 8.04. The largest absolute Gasteiger partial charge is 0.455 e. The molecule has 1 heterocycles. The molecule has 0 fully saturated rings. The molecular weight excluding hydrogens is 238 g/mol. The number of rotatable bonds is 3. The summed E-state index contributed by atoms with van der Waals surface area (Å²) in [5.74, 6) is 1.45. The van der Waals surface area contributed by atoms with E-state index < -0.39 is 0 Å². The minimum atomic E-state index is -0.0389. The molecule has 1 N–H and O–H groups in total. The molecule has 1 aliphatic rings. The lowest BCUT2D eigenvalue weighted by Crippen LogP contribution is -2.02. The van der Waals surface area contributed by atoms with Crippen LogP contribution < -0.4 is 4.74 Å². The number of aliphatic hydroxyl groups is 1. The summed E-state index contributed by atoms with van der Waals surface area (Å²) in [6.45, 7) is -0.0389. The summed E-state index contributed by atoms with van der Waals surface area (Å²) < 4.78 is 5.84. The van der Waals surface area contributed by atoms with Gasteiger partial charge in [0.25, 0.3) is 0 Å². The standard InChI is InChI=1S/C16H17NO2/c18-11-14-7-8-17-10-16(14)19-15-6-5-12-3-1-2-4-13(12)9-15/h5-10,18H,1-4,11H2. The summed E-state index contributed by atoms with van der Waals surface area (Å²) in [5.41, 5.74) is 3.58. The van der Waals surface area contributed by atoms with Crippen molar-refractivity contribution in [2.75, 3.05) is 0 Å². The van der Waals surface area contributed by atoms with Crippen molar-refractivity contribution < 1.29 is 9.84 Å². The zero-order valence-electron chi connectivity index (χ0n) is 10.8. The van der Waals surface area contributed by atoms with Crippen LogP contribution in [0.4, 0.5) is 0 Å². The number of aromatic nitrogens is 1. The summed E-state index contributed by atoms with van der Waals surface area (Å²) in [4.78, 5) is 4.04. The maximum absolute atomic E-state index is 9.28. The van der Waals surface area contributed by atoms with E-state index in [0.29, 0.717) is 5.75 Å². The lowest BCUT2D eigenvalue weighted by atomic mass is 9.92. The van der Waals surface area contributed by atoms with Gasteiger partial charge in [-0.25, -0.2) is 0 Å². The Balaban J connectivity index is 1.87. The SMILES string of the molecule is OCc1ccncc1Oc1ccc2c(c1)CCCC2. The van der Waals surface area contributed by atoms with Gasteiger partial charge in [-0.1, -0.05) is 6.07 Å². The Morgan fingerprint density at radius 3 is 2.79 bits per heavy atom. The van der Waals surface area contributed by atoms with E-state index in [2.05, 4.69) is 17.1 Å². The maximum Gasteiger partial charge on any atom is 0.151 e. The predicted molar refractivity (Wildman–Crippen MR) is 73.3 cm³/mol. The Morgan fingerprint density at radius 2 is 1.95 bits per heavy atom. The molecule has 0 amide bonds. The molecular formula is C16H17NO2. The maximum atomic E-state index is 9.28. The fraction of sp³-hybridized carbons (Fsp3) is 0.312. The number of aryl methyl sites for hydroxylation is 2. The van der Waals surface area contributed by atoms with Gasteiger partial charge in [0.15, 0.2) is 5.75 Å². The van der Waals surface area contributed by atoms with Gasteiger partial charge in [-0.05, 0) is 55.0 Å². The molecule has 0 saturated heterocycles. The van der Waals surface area contributed by atoms with Crippen LogP contribution in [-0.2, 0) is 19.4 Å². The van der Waals surface area contributed by atoms with Gasteiger partial charge in [-0.2, -0.15) is 0 Å². The van der Waals surface area contributed by atoms with Crippen molar-refractivity contribution >= 4 is 0 Å². The minimum Gasteiger partial charge on any atom is -0.455 e. The molecule has 98 valence electrons. The number of pyridine rings is 1. The van der Waals surface area contributed by atoms with Crippen molar-refractivity contribution in [2.45, 2.75) is 32.3 Å². The number of aliphatic hydroxyl groups excluding tert-OH is 1. The molecule has 0 saturated carbocycles. The molecule has 0 atom stereocenters. The first kappa shape index (κ1) is 12.2. The molecule has 0 aliphatic heterocycles. The van der Waals surface area contributed by atoms with Crippen LogP contribution in [0.2, 0.25) is 0 Å². The average Bonchev–Trinajstić information content (AvgIpc) is 2.48. The third-order valence-corrected chi connectivity index (χ3v) is 3.59. The number of ether oxygens (including phenoxy) is 1. The van der Waals surface area contributed by atoms with Crippen LogP contribution in [0, 0.1) is 0 Å². The second-order valence-electron chi connectivity index (χ2n) is 4.88. The zero-order valence-corrected chi connectivity index (χ0v) is 10.8. The fourth-order valence-electron chi connectivity index (χ4n) is 2.53. The molecule has 0 unspecified atom stereocenters. The highest BCUT2D eigenvalue weighted by Crippen LogP contribution is 2.29. The van der Waals surface area contributed by atoms with Crippen molar-refractivity contribution in [3.8, 4) is 11.5 Å². The fourth-order valence-corrected chi connectivity index (χ4v) is 2.53. The van der Waals surface area contributed by atoms with Gasteiger partial charge in [-0.3, -0.25) is 4.98 Å². The first-order valence-electron chi connectivity index (χ1n) is 6.70. The van der Waals surface area contributed by atoms with Crippen molar-refractivity contribution in [2.24, 2.45) is 0 Å². The first-order valence-corrected chi connectivity index (χ1v) is 6.70. The predicted octanol–water partition coefficient (Wildman–Crippen LogP) is 3.25. The van der Waals surface area contributed by atoms with Gasteiger partial charge in [-0.15, -0.1) is 0 Å². The summed E-state index contributed by atoms with van der Waals surface area (Å²) in [7, 11) is 0. The Morgan fingerprint density at radius 1 is 1.11 bits per heavy atom. The average molecular weight is 255 g/mol. The van der Waals surface area contributed by atoms with Crippen molar-refractivity contribution in [1.82, 2.24) is 4.98 Å². The zero-order chi connectivity index (χ0) is 13.1. The molecule has 3 heteroatoms. The van der Waals surface area contributed by atoms with Crippen LogP contribution >= 0.6 is 0 Å². The molecule has 1 aromatic heterocycles. The van der Waals surface area contributed by atoms with Crippen molar-refractivity contribution in [3.63, 3.8) is 0 Å². The van der Waals surface area contributed by atoms with E-state index in [4.69, 9.17) is 4.74 Å². The highest BCUT2D eigenvalue weighted by atomic mass is 16.5. The normalized spacial score (nSPS) is 13.9. The molecule has 1 aliphatic carbocycles. The first-order chi connectivity index (χ1) is 9.36. The second-order valence-corrected chi connectivity index (χ2v) is 4.88. The quantitative estimate of drug-likeness (QED) is 0.915. The van der Waals surface area contributed by atoms with E-state index in [9.17, 15) is 5.11 Å². The molecule has 0 spiro atoms. The number of hydrogen-bond acceptors (Lipinski definition) is 3. The van der Waals surface area contributed by atoms with Gasteiger partial charge in [0.2, 0.25) is 0 Å². The van der Waals surface area contributed by atoms with Gasteiger partial charge >= 0.3 is 0 Å². The van der Waals surface area contributed by atoms with Gasteiger partial charge in [0, 0.05) is 11.8 Å². The van der Waals surface area contributed by atoms with Gasteiger partial charge in [0.1, 0.15) is 5.75 Å². The van der Waals surface area contributed by atoms with Crippen molar-refractivity contribution in [3.05, 3.63) is 53.3 Å². The third-order valence-electron chi connectivity index (χ3n) is 3.59. The molecule has 1 aromatic carbocycles. The Bertz CT molecular complexity index is 581. The Labute approximate surface area is 112 Å². The molecule has 0 radical (unpaired) electrons. The van der Waals surface area contributed by atoms with E-state index >= 15 is 0 Å². The van der Waals surface area contributed by atoms with Crippen LogP contribution in [0.1, 0.15) is 29.5 Å². The lowest BCUT2D eigenvalue weighted by Gasteiger charge is -2.17. The van der Waals surface area contributed by atoms with E-state index in [1.54, 1.807) is 18.5 Å². The number of nitrogens with zero attached hydrogens (tertiary/aromatic N) is 1. The molecule has 3 nitrogen and oxygen atoms in total. The van der Waals surface area contributed by atoms with E-state index in [1.165, 1.54) is 30.4 Å². The van der Waals surface area contributed by atoms with Crippen LogP contribution in [0.5, 0.6) is 11.5 Å². The Kier molecular flexibility index (Phi) is 3.47. The lowest BCUT2D eigenvalue weighted by molar-refractivity contribution is 0.276. The monoisotopic (exact) mass is 255 g/mol. The molecule has 3 rings (SSSR count). The highest BCUT2D eigenvalue weighted by Gasteiger charge is 2.11. The van der Waals surface area contributed by atoms with Crippen LogP contribution in [-0.4, -0.2) is 10.1 Å². The Hall–Kier alpha value is -1.87. The number of fused-ring (bicyclic) bond motifs is 1. The molecule has 19 heavy (non-hydrogen) atoms. The summed E-state index contributed by atoms with van der Waals surface area (Å²) in [5, 5.41) is 9.28. The smallest absolute Gasteiger partial charge is 0.151 e. The summed E-state index contributed by atoms with van der Waals surface area (Å²) in [6.07, 6.45) is 8.14. The summed E-state index contributed by atoms with van der Waals surface area (Å²) >= 11 is 0. The second kappa shape index (κ2) is 5.41. The molecule has 0 bridgehead atoms. The van der Waals surface area contributed by atoms with Crippen LogP contribution in [0.3, 0.4) is 0 Å². The van der Waals surface area contributed by atoms with E-state index in [0.717, 1.165) is 17.7 Å². The topological polar surface area (TPSA) is 42.4 Å². The number of benzene rings is 1. The van der Waals surface area contributed by atoms with Crippen LogP contribution in [0.15, 0.2) is 36.7 Å². The van der Waals surface area contributed by atoms with Crippen molar-refractivity contribution in [1.29, 1.82) is 0 Å². The molecule has 2 aromatic rings. The van der Waals surface area contributed by atoms with E-state index in [-0.39, 0.29) is 6.61 Å². The van der Waals surface area contributed by atoms with Gasteiger partial charge in [0.05, 0.1) is 12.8 Å². The third kappa shape index (κ3) is 2.61. The minimum absolute atomic E-state index is 0.0389. The van der Waals surface area contributed by atoms with Crippen LogP contribution in [0.25, 0.3) is 0 Å². The number of hydrogen-bond donors (Lipinski definition) is 1. The van der Waals surface area contributed by atoms with E-state index in [1.807, 2.05) is 6.07 Å². The highest BCUT2D eigenvalue weighted by molar-refractivity contribution is 5.40.